The smallest absolute Gasteiger partial charge is 0.0124 e. The summed E-state index contributed by atoms with van der Waals surface area (Å²) >= 11 is 0. The maximum atomic E-state index is 3.82. The molecule has 0 aliphatic heterocycles. The van der Waals surface area contributed by atoms with E-state index in [0.29, 0.717) is 0 Å². The van der Waals surface area contributed by atoms with Crippen LogP contribution in [-0.4, -0.2) is 37.6 Å². The molecule has 100 valence electrons. The molecule has 0 aromatic carbocycles. The fraction of sp³-hybridized carbons (Fsp3) is 1.00. The average Bonchev–Trinajstić information content (AvgIpc) is 3.16. The topological polar surface area (TPSA) is 15.3 Å². The molecule has 2 heteroatoms. The third-order valence-corrected chi connectivity index (χ3v) is 4.45. The van der Waals surface area contributed by atoms with E-state index in [-0.39, 0.29) is 0 Å². The molecule has 1 unspecified atom stereocenters. The van der Waals surface area contributed by atoms with Gasteiger partial charge in [-0.3, -0.25) is 0 Å². The van der Waals surface area contributed by atoms with E-state index in [0.717, 1.165) is 23.8 Å². The van der Waals surface area contributed by atoms with Crippen LogP contribution < -0.4 is 5.32 Å². The molecule has 2 fully saturated rings. The van der Waals surface area contributed by atoms with E-state index in [1.165, 1.54) is 51.7 Å². The maximum Gasteiger partial charge on any atom is 0.0124 e. The third-order valence-electron chi connectivity index (χ3n) is 4.45. The highest BCUT2D eigenvalue weighted by Crippen LogP contribution is 2.44. The van der Waals surface area contributed by atoms with E-state index in [4.69, 9.17) is 0 Å². The van der Waals surface area contributed by atoms with Crippen molar-refractivity contribution in [2.24, 2.45) is 17.8 Å². The van der Waals surface area contributed by atoms with Gasteiger partial charge in [0.1, 0.15) is 0 Å². The lowest BCUT2D eigenvalue weighted by Gasteiger charge is -2.23. The molecule has 0 radical (unpaired) electrons. The quantitative estimate of drug-likeness (QED) is 0.664. The zero-order chi connectivity index (χ0) is 12.3. The van der Waals surface area contributed by atoms with E-state index in [1.807, 2.05) is 0 Å². The van der Waals surface area contributed by atoms with Crippen molar-refractivity contribution >= 4 is 0 Å². The van der Waals surface area contributed by atoms with Gasteiger partial charge in [0.15, 0.2) is 0 Å². The minimum Gasteiger partial charge on any atom is -0.312 e. The van der Waals surface area contributed by atoms with Gasteiger partial charge in [0.05, 0.1) is 0 Å². The first-order valence-corrected chi connectivity index (χ1v) is 7.62. The van der Waals surface area contributed by atoms with Crippen molar-refractivity contribution < 1.29 is 0 Å². The van der Waals surface area contributed by atoms with Gasteiger partial charge in [-0.05, 0) is 50.5 Å². The van der Waals surface area contributed by atoms with Crippen LogP contribution in [0.25, 0.3) is 0 Å². The Morgan fingerprint density at radius 2 is 1.76 bits per heavy atom. The fourth-order valence-electron chi connectivity index (χ4n) is 2.80. The van der Waals surface area contributed by atoms with Crippen LogP contribution in [0.4, 0.5) is 0 Å². The SMILES string of the molecule is CCC(C)CN(C)CCNC(C1CC1)C1CC1. The first-order chi connectivity index (χ1) is 8.20. The van der Waals surface area contributed by atoms with E-state index < -0.39 is 0 Å². The summed E-state index contributed by atoms with van der Waals surface area (Å²) in [5, 5.41) is 3.82. The molecule has 2 aliphatic rings. The Balaban J connectivity index is 1.57. The molecule has 1 N–H and O–H groups in total. The van der Waals surface area contributed by atoms with Gasteiger partial charge in [-0.15, -0.1) is 0 Å². The molecule has 2 nitrogen and oxygen atoms in total. The van der Waals surface area contributed by atoms with Gasteiger partial charge in [0.2, 0.25) is 0 Å². The van der Waals surface area contributed by atoms with Crippen molar-refractivity contribution in [1.82, 2.24) is 10.2 Å². The molecule has 2 aliphatic carbocycles. The van der Waals surface area contributed by atoms with E-state index in [1.54, 1.807) is 0 Å². The monoisotopic (exact) mass is 238 g/mol. The number of hydrogen-bond acceptors (Lipinski definition) is 2. The molecular formula is C15H30N2. The molecule has 0 saturated heterocycles. The lowest BCUT2D eigenvalue weighted by Crippen LogP contribution is -2.39. The van der Waals surface area contributed by atoms with Crippen molar-refractivity contribution in [3.8, 4) is 0 Å². The van der Waals surface area contributed by atoms with Gasteiger partial charge in [0, 0.05) is 25.7 Å². The Labute approximate surface area is 107 Å². The van der Waals surface area contributed by atoms with Gasteiger partial charge in [-0.25, -0.2) is 0 Å². The minimum atomic E-state index is 0.836. The Kier molecular flexibility index (Phi) is 4.87. The molecule has 2 rings (SSSR count). The molecule has 17 heavy (non-hydrogen) atoms. The maximum absolute atomic E-state index is 3.82. The molecule has 0 spiro atoms. The van der Waals surface area contributed by atoms with Crippen molar-refractivity contribution in [2.45, 2.75) is 52.0 Å². The van der Waals surface area contributed by atoms with Gasteiger partial charge in [0.25, 0.3) is 0 Å². The van der Waals surface area contributed by atoms with Crippen LogP contribution in [-0.2, 0) is 0 Å². The van der Waals surface area contributed by atoms with Gasteiger partial charge < -0.3 is 10.2 Å². The summed E-state index contributed by atoms with van der Waals surface area (Å²) in [6.45, 7) is 8.27. The zero-order valence-electron chi connectivity index (χ0n) is 11.9. The zero-order valence-corrected chi connectivity index (χ0v) is 11.9. The van der Waals surface area contributed by atoms with Crippen LogP contribution in [0.5, 0.6) is 0 Å². The summed E-state index contributed by atoms with van der Waals surface area (Å²) in [6, 6.07) is 0.868. The fourth-order valence-corrected chi connectivity index (χ4v) is 2.80. The Bertz CT molecular complexity index is 209. The van der Waals surface area contributed by atoms with Crippen LogP contribution in [0.3, 0.4) is 0 Å². The van der Waals surface area contributed by atoms with Crippen LogP contribution in [0.15, 0.2) is 0 Å². The normalized spacial score (nSPS) is 22.4. The van der Waals surface area contributed by atoms with E-state index in [2.05, 4.69) is 31.1 Å². The van der Waals surface area contributed by atoms with E-state index in [9.17, 15) is 0 Å². The lowest BCUT2D eigenvalue weighted by atomic mass is 10.1. The first-order valence-electron chi connectivity index (χ1n) is 7.62. The van der Waals surface area contributed by atoms with Crippen molar-refractivity contribution in [3.63, 3.8) is 0 Å². The number of likely N-dealkylation sites (N-methyl/N-ethyl adjacent to an activating group) is 1. The highest BCUT2D eigenvalue weighted by Gasteiger charge is 2.40. The number of nitrogens with zero attached hydrogens (tertiary/aromatic N) is 1. The lowest BCUT2D eigenvalue weighted by molar-refractivity contribution is 0.271. The second-order valence-corrected chi connectivity index (χ2v) is 6.43. The predicted molar refractivity (Wildman–Crippen MR) is 74.2 cm³/mol. The van der Waals surface area contributed by atoms with Crippen molar-refractivity contribution in [1.29, 1.82) is 0 Å². The van der Waals surface area contributed by atoms with Crippen LogP contribution >= 0.6 is 0 Å². The highest BCUT2D eigenvalue weighted by atomic mass is 15.1. The second-order valence-electron chi connectivity index (χ2n) is 6.43. The number of hydrogen-bond donors (Lipinski definition) is 1. The Morgan fingerprint density at radius 3 is 2.24 bits per heavy atom. The summed E-state index contributed by atoms with van der Waals surface area (Å²) in [4.78, 5) is 2.48. The van der Waals surface area contributed by atoms with Crippen LogP contribution in [0, 0.1) is 17.8 Å². The highest BCUT2D eigenvalue weighted by molar-refractivity contribution is 4.96. The number of rotatable bonds is 9. The predicted octanol–water partition coefficient (Wildman–Crippen LogP) is 2.74. The molecule has 0 amide bonds. The Hall–Kier alpha value is -0.0800. The third kappa shape index (κ3) is 4.59. The summed E-state index contributed by atoms with van der Waals surface area (Å²) in [6.07, 6.45) is 7.23. The minimum absolute atomic E-state index is 0.836. The molecule has 1 atom stereocenters. The molecule has 2 saturated carbocycles. The molecule has 0 aromatic heterocycles. The van der Waals surface area contributed by atoms with Gasteiger partial charge >= 0.3 is 0 Å². The molecular weight excluding hydrogens is 208 g/mol. The van der Waals surface area contributed by atoms with Gasteiger partial charge in [-0.2, -0.15) is 0 Å². The summed E-state index contributed by atoms with van der Waals surface area (Å²) in [7, 11) is 2.26. The van der Waals surface area contributed by atoms with Gasteiger partial charge in [-0.1, -0.05) is 20.3 Å². The van der Waals surface area contributed by atoms with E-state index >= 15 is 0 Å². The molecule has 0 aromatic rings. The summed E-state index contributed by atoms with van der Waals surface area (Å²) in [5.74, 6) is 2.90. The Morgan fingerprint density at radius 1 is 1.18 bits per heavy atom. The number of nitrogens with one attached hydrogen (secondary N) is 1. The largest absolute Gasteiger partial charge is 0.312 e. The molecule has 0 heterocycles. The van der Waals surface area contributed by atoms with Crippen molar-refractivity contribution in [2.75, 3.05) is 26.7 Å². The molecule has 0 bridgehead atoms. The second kappa shape index (κ2) is 6.19. The summed E-state index contributed by atoms with van der Waals surface area (Å²) < 4.78 is 0. The van der Waals surface area contributed by atoms with Crippen LogP contribution in [0.2, 0.25) is 0 Å². The standard InChI is InChI=1S/C15H30N2/c1-4-12(2)11-17(3)10-9-16-15(13-5-6-13)14-7-8-14/h12-16H,4-11H2,1-3H3. The average molecular weight is 238 g/mol. The summed E-state index contributed by atoms with van der Waals surface area (Å²) in [5.41, 5.74) is 0. The van der Waals surface area contributed by atoms with Crippen LogP contribution in [0.1, 0.15) is 46.0 Å². The van der Waals surface area contributed by atoms with Crippen molar-refractivity contribution in [3.05, 3.63) is 0 Å². The first kappa shape index (κ1) is 13.4.